The first kappa shape index (κ1) is 19.5. The third-order valence-corrected chi connectivity index (χ3v) is 6.85. The first-order valence-electron chi connectivity index (χ1n) is 10.7. The molecule has 30 heavy (non-hydrogen) atoms. The Balaban J connectivity index is 1.32. The zero-order valence-electron chi connectivity index (χ0n) is 17.6. The van der Waals surface area contributed by atoms with Crippen LogP contribution in [0.15, 0.2) is 65.6 Å². The molecule has 0 saturated heterocycles. The quantitative estimate of drug-likeness (QED) is 0.465. The van der Waals surface area contributed by atoms with Gasteiger partial charge in [0, 0.05) is 24.0 Å². The average molecular weight is 418 g/mol. The van der Waals surface area contributed by atoms with Gasteiger partial charge in [-0.2, -0.15) is 0 Å². The molecule has 2 aliphatic heterocycles. The lowest BCUT2D eigenvalue weighted by molar-refractivity contribution is 0.160. The zero-order chi connectivity index (χ0) is 20.5. The number of hydrogen-bond donors (Lipinski definition) is 0. The van der Waals surface area contributed by atoms with Crippen molar-refractivity contribution < 1.29 is 8.92 Å². The molecular weight excluding hydrogens is 390 g/mol. The van der Waals surface area contributed by atoms with Crippen LogP contribution in [0.3, 0.4) is 0 Å². The molecule has 0 bridgehead atoms. The summed E-state index contributed by atoms with van der Waals surface area (Å²) >= 11 is 1.43. The lowest BCUT2D eigenvalue weighted by Gasteiger charge is -2.41. The number of rotatable bonds is 5. The third kappa shape index (κ3) is 3.94. The van der Waals surface area contributed by atoms with Crippen molar-refractivity contribution >= 4 is 12.0 Å². The van der Waals surface area contributed by atoms with Gasteiger partial charge in [0.1, 0.15) is 11.5 Å². The van der Waals surface area contributed by atoms with Gasteiger partial charge in [0.25, 0.3) is 0 Å². The van der Waals surface area contributed by atoms with Crippen molar-refractivity contribution in [3.05, 3.63) is 88.5 Å². The van der Waals surface area contributed by atoms with E-state index in [9.17, 15) is 0 Å². The number of nitrogens with zero attached hydrogens (tertiary/aromatic N) is 1. The van der Waals surface area contributed by atoms with Crippen LogP contribution in [0, 0.1) is 6.92 Å². The fourth-order valence-electron chi connectivity index (χ4n) is 4.54. The van der Waals surface area contributed by atoms with Crippen LogP contribution < -0.4 is 8.92 Å². The third-order valence-electron chi connectivity index (χ3n) is 6.11. The Hall–Kier alpha value is -2.43. The van der Waals surface area contributed by atoms with Crippen LogP contribution in [0.4, 0.5) is 0 Å². The Labute approximate surface area is 183 Å². The molecule has 0 saturated carbocycles. The van der Waals surface area contributed by atoms with Crippen molar-refractivity contribution in [3.8, 4) is 11.5 Å². The molecule has 2 heterocycles. The van der Waals surface area contributed by atoms with E-state index >= 15 is 0 Å². The van der Waals surface area contributed by atoms with Crippen LogP contribution in [0.5, 0.6) is 11.5 Å². The molecule has 2 aliphatic rings. The maximum atomic E-state index is 6.01. The van der Waals surface area contributed by atoms with Crippen LogP contribution >= 0.6 is 12.0 Å². The van der Waals surface area contributed by atoms with Crippen LogP contribution in [-0.4, -0.2) is 18.1 Å². The van der Waals surface area contributed by atoms with E-state index in [0.29, 0.717) is 12.6 Å². The largest absolute Gasteiger partial charge is 0.494 e. The first-order chi connectivity index (χ1) is 14.7. The number of benzene rings is 3. The highest BCUT2D eigenvalue weighted by Crippen LogP contribution is 2.40. The molecule has 1 unspecified atom stereocenters. The minimum Gasteiger partial charge on any atom is -0.494 e. The van der Waals surface area contributed by atoms with Gasteiger partial charge in [-0.05, 0) is 85.3 Å². The van der Waals surface area contributed by atoms with E-state index in [2.05, 4.69) is 72.5 Å². The lowest BCUT2D eigenvalue weighted by atomic mass is 9.84. The summed E-state index contributed by atoms with van der Waals surface area (Å²) in [5, 5.41) is 0. The standard InChI is InChI=1S/C26H27NO2S/c1-3-28-22-8-11-25-20(14-22)12-13-27-17-21-15-23(7-6-19(21)16-26(25)27)29-30-24-9-4-18(2)5-10-24/h4-11,14-15,26H,3,12-13,16-17H2,1-2H3. The summed E-state index contributed by atoms with van der Waals surface area (Å²) in [6.45, 7) is 6.93. The summed E-state index contributed by atoms with van der Waals surface area (Å²) in [6, 6.07) is 22.1. The molecule has 0 aromatic heterocycles. The van der Waals surface area contributed by atoms with Crippen molar-refractivity contribution in [1.82, 2.24) is 4.90 Å². The highest BCUT2D eigenvalue weighted by atomic mass is 32.2. The van der Waals surface area contributed by atoms with E-state index < -0.39 is 0 Å². The number of hydrogen-bond acceptors (Lipinski definition) is 4. The summed E-state index contributed by atoms with van der Waals surface area (Å²) in [5.41, 5.74) is 7.00. The molecule has 0 radical (unpaired) electrons. The molecule has 154 valence electrons. The molecule has 4 heteroatoms. The molecule has 0 spiro atoms. The number of ether oxygens (including phenoxy) is 1. The molecule has 5 rings (SSSR count). The fraction of sp³-hybridized carbons (Fsp3) is 0.308. The highest BCUT2D eigenvalue weighted by molar-refractivity contribution is 7.95. The lowest BCUT2D eigenvalue weighted by Crippen LogP contribution is -2.39. The van der Waals surface area contributed by atoms with Gasteiger partial charge < -0.3 is 8.92 Å². The second-order valence-corrected chi connectivity index (χ2v) is 8.95. The van der Waals surface area contributed by atoms with Gasteiger partial charge >= 0.3 is 0 Å². The van der Waals surface area contributed by atoms with Gasteiger partial charge in [0.2, 0.25) is 0 Å². The number of fused-ring (bicyclic) bond motifs is 4. The Kier molecular flexibility index (Phi) is 5.45. The highest BCUT2D eigenvalue weighted by Gasteiger charge is 2.32. The summed E-state index contributed by atoms with van der Waals surface area (Å²) in [7, 11) is 0. The monoisotopic (exact) mass is 417 g/mol. The van der Waals surface area contributed by atoms with Gasteiger partial charge in [-0.25, -0.2) is 0 Å². The van der Waals surface area contributed by atoms with Gasteiger partial charge in [0.05, 0.1) is 18.6 Å². The normalized spacial score (nSPS) is 17.6. The zero-order valence-corrected chi connectivity index (χ0v) is 18.4. The van der Waals surface area contributed by atoms with Gasteiger partial charge in [-0.3, -0.25) is 4.90 Å². The second kappa shape index (κ2) is 8.37. The molecule has 3 aromatic carbocycles. The SMILES string of the molecule is CCOc1ccc2c(c1)CCN1Cc3cc(OSc4ccc(C)cc4)ccc3CC21. The number of aryl methyl sites for hydroxylation is 1. The van der Waals surface area contributed by atoms with E-state index in [1.54, 1.807) is 0 Å². The summed E-state index contributed by atoms with van der Waals surface area (Å²) in [5.74, 6) is 1.92. The van der Waals surface area contributed by atoms with Gasteiger partial charge in [0.15, 0.2) is 0 Å². The summed E-state index contributed by atoms with van der Waals surface area (Å²) < 4.78 is 11.7. The first-order valence-corrected chi connectivity index (χ1v) is 11.5. The van der Waals surface area contributed by atoms with Crippen molar-refractivity contribution in [1.29, 1.82) is 0 Å². The van der Waals surface area contributed by atoms with Gasteiger partial charge in [-0.1, -0.05) is 29.8 Å². The summed E-state index contributed by atoms with van der Waals surface area (Å²) in [6.07, 6.45) is 2.14. The van der Waals surface area contributed by atoms with E-state index in [4.69, 9.17) is 8.92 Å². The molecule has 3 aromatic rings. The molecule has 0 N–H and O–H groups in total. The van der Waals surface area contributed by atoms with Crippen molar-refractivity contribution in [2.45, 2.75) is 44.2 Å². The van der Waals surface area contributed by atoms with E-state index in [-0.39, 0.29) is 0 Å². The molecule has 0 amide bonds. The molecular formula is C26H27NO2S. The van der Waals surface area contributed by atoms with Gasteiger partial charge in [-0.15, -0.1) is 0 Å². The smallest absolute Gasteiger partial charge is 0.138 e. The Morgan fingerprint density at radius 3 is 2.57 bits per heavy atom. The van der Waals surface area contributed by atoms with Crippen molar-refractivity contribution in [3.63, 3.8) is 0 Å². The Morgan fingerprint density at radius 2 is 1.73 bits per heavy atom. The van der Waals surface area contributed by atoms with Crippen LogP contribution in [0.1, 0.15) is 40.8 Å². The van der Waals surface area contributed by atoms with Crippen LogP contribution in [0.2, 0.25) is 0 Å². The average Bonchev–Trinajstić information content (AvgIpc) is 2.77. The minimum atomic E-state index is 0.464. The minimum absolute atomic E-state index is 0.464. The summed E-state index contributed by atoms with van der Waals surface area (Å²) in [4.78, 5) is 3.74. The predicted molar refractivity (Wildman–Crippen MR) is 122 cm³/mol. The predicted octanol–water partition coefficient (Wildman–Crippen LogP) is 6.14. The van der Waals surface area contributed by atoms with E-state index in [0.717, 1.165) is 42.3 Å². The van der Waals surface area contributed by atoms with Crippen LogP contribution in [-0.2, 0) is 19.4 Å². The van der Waals surface area contributed by atoms with Crippen LogP contribution in [0.25, 0.3) is 0 Å². The maximum Gasteiger partial charge on any atom is 0.138 e. The molecule has 0 fully saturated rings. The fourth-order valence-corrected chi connectivity index (χ4v) is 5.09. The van der Waals surface area contributed by atoms with Crippen molar-refractivity contribution in [2.24, 2.45) is 0 Å². The molecule has 3 nitrogen and oxygen atoms in total. The maximum absolute atomic E-state index is 6.01. The Bertz CT molecular complexity index is 1050. The van der Waals surface area contributed by atoms with E-state index in [1.807, 2.05) is 6.92 Å². The van der Waals surface area contributed by atoms with E-state index in [1.165, 1.54) is 39.9 Å². The topological polar surface area (TPSA) is 21.7 Å². The molecule has 1 atom stereocenters. The van der Waals surface area contributed by atoms with Crippen molar-refractivity contribution in [2.75, 3.05) is 13.2 Å². The Morgan fingerprint density at radius 1 is 0.933 bits per heavy atom. The molecule has 0 aliphatic carbocycles. The second-order valence-electron chi connectivity index (χ2n) is 8.14.